The number of benzene rings is 2. The standard InChI is InChI=1S/C22H23N5O/c1-15-12-17-19(13-20(15)26-10-8-25(2)9-11-26)23-14-18-21(17)24-27(22(18)28)16-6-4-3-5-7-16/h3-7,12-14,24H,8-11H2,1-2H3. The Morgan fingerprint density at radius 1 is 1.00 bits per heavy atom. The van der Waals surface area contributed by atoms with Crippen LogP contribution in [0.1, 0.15) is 5.56 Å². The molecular weight excluding hydrogens is 350 g/mol. The van der Waals surface area contributed by atoms with Gasteiger partial charge in [-0.3, -0.25) is 14.9 Å². The van der Waals surface area contributed by atoms with Crippen molar-refractivity contribution in [2.75, 3.05) is 38.1 Å². The van der Waals surface area contributed by atoms with E-state index in [-0.39, 0.29) is 5.56 Å². The first kappa shape index (κ1) is 17.0. The molecule has 6 nitrogen and oxygen atoms in total. The second-order valence-corrected chi connectivity index (χ2v) is 7.58. The van der Waals surface area contributed by atoms with Gasteiger partial charge in [-0.15, -0.1) is 0 Å². The van der Waals surface area contributed by atoms with Gasteiger partial charge in [0.2, 0.25) is 0 Å². The molecule has 3 heterocycles. The minimum Gasteiger partial charge on any atom is -0.369 e. The SMILES string of the molecule is Cc1cc2c(cc1N1CCN(C)CC1)ncc1c(=O)n(-c3ccccc3)[nH]c12. The van der Waals surface area contributed by atoms with Crippen LogP contribution < -0.4 is 10.5 Å². The van der Waals surface area contributed by atoms with E-state index in [1.54, 1.807) is 10.9 Å². The van der Waals surface area contributed by atoms with Crippen LogP contribution in [0.3, 0.4) is 0 Å². The Kier molecular flexibility index (Phi) is 3.94. The second kappa shape index (κ2) is 6.49. The van der Waals surface area contributed by atoms with Gasteiger partial charge < -0.3 is 9.80 Å². The zero-order valence-corrected chi connectivity index (χ0v) is 16.1. The molecule has 0 amide bonds. The minimum absolute atomic E-state index is 0.0728. The van der Waals surface area contributed by atoms with Gasteiger partial charge in [0, 0.05) is 43.4 Å². The molecule has 0 bridgehead atoms. The van der Waals surface area contributed by atoms with Crippen molar-refractivity contribution in [3.05, 3.63) is 64.6 Å². The van der Waals surface area contributed by atoms with Gasteiger partial charge in [-0.1, -0.05) is 18.2 Å². The lowest BCUT2D eigenvalue weighted by Crippen LogP contribution is -2.44. The summed E-state index contributed by atoms with van der Waals surface area (Å²) in [5, 5.41) is 4.90. The molecule has 0 atom stereocenters. The Bertz CT molecular complexity index is 1220. The van der Waals surface area contributed by atoms with E-state index >= 15 is 0 Å². The third-order valence-corrected chi connectivity index (χ3v) is 5.70. The van der Waals surface area contributed by atoms with Gasteiger partial charge in [-0.2, -0.15) is 0 Å². The summed E-state index contributed by atoms with van der Waals surface area (Å²) in [7, 11) is 2.16. The molecule has 2 aromatic heterocycles. The molecule has 1 N–H and O–H groups in total. The molecule has 2 aromatic carbocycles. The summed E-state index contributed by atoms with van der Waals surface area (Å²) in [5.74, 6) is 0. The lowest BCUT2D eigenvalue weighted by atomic mass is 10.1. The monoisotopic (exact) mass is 373 g/mol. The molecule has 6 heteroatoms. The van der Waals surface area contributed by atoms with Gasteiger partial charge in [-0.05, 0) is 43.8 Å². The quantitative estimate of drug-likeness (QED) is 0.587. The fraction of sp³-hybridized carbons (Fsp3) is 0.273. The number of nitrogens with one attached hydrogen (secondary N) is 1. The number of nitrogens with zero attached hydrogens (tertiary/aromatic N) is 4. The number of aromatic nitrogens is 3. The highest BCUT2D eigenvalue weighted by molar-refractivity contribution is 6.04. The third kappa shape index (κ3) is 2.68. The van der Waals surface area contributed by atoms with Crippen LogP contribution in [0.15, 0.2) is 53.5 Å². The highest BCUT2D eigenvalue weighted by Crippen LogP contribution is 2.29. The molecule has 0 unspecified atom stereocenters. The van der Waals surface area contributed by atoms with E-state index in [2.05, 4.69) is 46.0 Å². The van der Waals surface area contributed by atoms with Crippen LogP contribution in [-0.4, -0.2) is 52.9 Å². The number of aryl methyl sites for hydroxylation is 1. The van der Waals surface area contributed by atoms with E-state index in [4.69, 9.17) is 0 Å². The zero-order valence-electron chi connectivity index (χ0n) is 16.1. The largest absolute Gasteiger partial charge is 0.369 e. The van der Waals surface area contributed by atoms with Crippen LogP contribution in [0.2, 0.25) is 0 Å². The topological polar surface area (TPSA) is 57.2 Å². The van der Waals surface area contributed by atoms with Crippen molar-refractivity contribution in [1.29, 1.82) is 0 Å². The van der Waals surface area contributed by atoms with Crippen molar-refractivity contribution in [1.82, 2.24) is 19.7 Å². The fourth-order valence-electron chi connectivity index (χ4n) is 4.05. The van der Waals surface area contributed by atoms with E-state index in [0.29, 0.717) is 5.39 Å². The van der Waals surface area contributed by atoms with Crippen LogP contribution in [0.5, 0.6) is 0 Å². The molecule has 142 valence electrons. The molecule has 1 aliphatic heterocycles. The average molecular weight is 373 g/mol. The predicted molar refractivity (Wildman–Crippen MR) is 114 cm³/mol. The van der Waals surface area contributed by atoms with Gasteiger partial charge in [0.25, 0.3) is 5.56 Å². The van der Waals surface area contributed by atoms with E-state index < -0.39 is 0 Å². The number of rotatable bonds is 2. The smallest absolute Gasteiger partial charge is 0.280 e. The van der Waals surface area contributed by atoms with Crippen molar-refractivity contribution in [3.8, 4) is 5.69 Å². The zero-order chi connectivity index (χ0) is 19.3. The van der Waals surface area contributed by atoms with E-state index in [0.717, 1.165) is 48.3 Å². The highest BCUT2D eigenvalue weighted by Gasteiger charge is 2.18. The molecule has 4 aromatic rings. The summed E-state index contributed by atoms with van der Waals surface area (Å²) in [5.41, 5.74) is 4.94. The Labute approximate surface area is 163 Å². The molecule has 28 heavy (non-hydrogen) atoms. The summed E-state index contributed by atoms with van der Waals surface area (Å²) in [6.45, 7) is 6.31. The Morgan fingerprint density at radius 2 is 1.75 bits per heavy atom. The number of hydrogen-bond acceptors (Lipinski definition) is 4. The first-order valence-corrected chi connectivity index (χ1v) is 9.65. The highest BCUT2D eigenvalue weighted by atomic mass is 16.1. The summed E-state index contributed by atoms with van der Waals surface area (Å²) in [6, 6.07) is 14.0. The Hall–Kier alpha value is -3.12. The fourth-order valence-corrected chi connectivity index (χ4v) is 4.05. The first-order chi connectivity index (χ1) is 13.6. The van der Waals surface area contributed by atoms with Crippen LogP contribution >= 0.6 is 0 Å². The number of fused-ring (bicyclic) bond motifs is 3. The van der Waals surface area contributed by atoms with Crippen LogP contribution in [0.25, 0.3) is 27.5 Å². The number of para-hydroxylation sites is 1. The van der Waals surface area contributed by atoms with Crippen molar-refractivity contribution in [3.63, 3.8) is 0 Å². The number of H-pyrrole nitrogens is 1. The molecule has 0 spiro atoms. The van der Waals surface area contributed by atoms with Crippen LogP contribution in [-0.2, 0) is 0 Å². The molecule has 0 saturated carbocycles. The average Bonchev–Trinajstić information content (AvgIpc) is 3.06. The molecule has 5 rings (SSSR count). The second-order valence-electron chi connectivity index (χ2n) is 7.58. The lowest BCUT2D eigenvalue weighted by Gasteiger charge is -2.35. The Morgan fingerprint density at radius 3 is 2.50 bits per heavy atom. The number of aromatic amines is 1. The number of hydrogen-bond donors (Lipinski definition) is 1. The van der Waals surface area contributed by atoms with Crippen molar-refractivity contribution in [2.24, 2.45) is 0 Å². The number of piperazine rings is 1. The van der Waals surface area contributed by atoms with Crippen LogP contribution in [0, 0.1) is 6.92 Å². The van der Waals surface area contributed by atoms with Crippen molar-refractivity contribution >= 4 is 27.5 Å². The normalized spacial score (nSPS) is 15.6. The molecule has 0 aliphatic carbocycles. The number of likely N-dealkylation sites (N-methyl/N-ethyl adjacent to an activating group) is 1. The molecule has 1 saturated heterocycles. The molecule has 1 aliphatic rings. The van der Waals surface area contributed by atoms with Crippen LogP contribution in [0.4, 0.5) is 5.69 Å². The summed E-state index contributed by atoms with van der Waals surface area (Å²) in [6.07, 6.45) is 1.69. The lowest BCUT2D eigenvalue weighted by molar-refractivity contribution is 0.313. The van der Waals surface area contributed by atoms with E-state index in [9.17, 15) is 4.79 Å². The van der Waals surface area contributed by atoms with Gasteiger partial charge in [0.1, 0.15) is 0 Å². The van der Waals surface area contributed by atoms with Crippen molar-refractivity contribution < 1.29 is 0 Å². The van der Waals surface area contributed by atoms with E-state index in [1.807, 2.05) is 30.3 Å². The maximum absolute atomic E-state index is 12.9. The molecule has 0 radical (unpaired) electrons. The van der Waals surface area contributed by atoms with Crippen molar-refractivity contribution in [2.45, 2.75) is 6.92 Å². The number of pyridine rings is 1. The minimum atomic E-state index is -0.0728. The van der Waals surface area contributed by atoms with E-state index in [1.165, 1.54) is 11.3 Å². The maximum Gasteiger partial charge on any atom is 0.280 e. The summed E-state index contributed by atoms with van der Waals surface area (Å²) in [4.78, 5) is 22.3. The molecule has 1 fully saturated rings. The Balaban J connectivity index is 1.66. The molecular formula is C22H23N5O. The first-order valence-electron chi connectivity index (χ1n) is 9.65. The maximum atomic E-state index is 12.9. The van der Waals surface area contributed by atoms with Gasteiger partial charge >= 0.3 is 0 Å². The summed E-state index contributed by atoms with van der Waals surface area (Å²) < 4.78 is 1.59. The van der Waals surface area contributed by atoms with Gasteiger partial charge in [-0.25, -0.2) is 4.68 Å². The third-order valence-electron chi connectivity index (χ3n) is 5.70. The number of anilines is 1. The van der Waals surface area contributed by atoms with Gasteiger partial charge in [0.05, 0.1) is 22.1 Å². The predicted octanol–water partition coefficient (Wildman–Crippen LogP) is 2.93. The van der Waals surface area contributed by atoms with Gasteiger partial charge in [0.15, 0.2) is 0 Å². The summed E-state index contributed by atoms with van der Waals surface area (Å²) >= 11 is 0.